The molecule has 0 unspecified atom stereocenters. The van der Waals surface area contributed by atoms with Gasteiger partial charge in [0.1, 0.15) is 5.82 Å². The van der Waals surface area contributed by atoms with Crippen molar-refractivity contribution in [3.05, 3.63) is 55.8 Å². The summed E-state index contributed by atoms with van der Waals surface area (Å²) in [6.45, 7) is 7.91. The van der Waals surface area contributed by atoms with E-state index >= 15 is 0 Å². The fourth-order valence-electron chi connectivity index (χ4n) is 4.87. The Bertz CT molecular complexity index is 1310. The molecule has 0 spiro atoms. The van der Waals surface area contributed by atoms with Gasteiger partial charge >= 0.3 is 11.4 Å². The third-order valence-corrected chi connectivity index (χ3v) is 9.86. The van der Waals surface area contributed by atoms with E-state index in [1.165, 1.54) is 28.8 Å². The predicted molar refractivity (Wildman–Crippen MR) is 172 cm³/mol. The number of H-pyrrole nitrogens is 1. The first-order valence-corrected chi connectivity index (χ1v) is 16.1. The van der Waals surface area contributed by atoms with Crippen molar-refractivity contribution in [1.82, 2.24) is 19.1 Å². The van der Waals surface area contributed by atoms with Crippen LogP contribution in [0.4, 0.5) is 5.82 Å². The van der Waals surface area contributed by atoms with E-state index in [0.717, 1.165) is 6.42 Å². The van der Waals surface area contributed by atoms with Gasteiger partial charge in [0.05, 0.1) is 33.7 Å². The Morgan fingerprint density at radius 3 is 1.80 bits per heavy atom. The molecule has 16 heteroatoms. The van der Waals surface area contributed by atoms with Crippen LogP contribution < -0.4 is 22.7 Å². The molecule has 0 radical (unpaired) electrons. The Kier molecular flexibility index (Phi) is 14.2. The number of nitrogen functional groups attached to an aromatic ring is 1. The summed E-state index contributed by atoms with van der Waals surface area (Å²) < 4.78 is 20.4. The summed E-state index contributed by atoms with van der Waals surface area (Å²) in [7, 11) is 3.81. The molecular weight excluding hydrogens is 655 g/mol. The molecule has 3 N–H and O–H groups in total. The van der Waals surface area contributed by atoms with Crippen molar-refractivity contribution in [1.29, 1.82) is 0 Å². The van der Waals surface area contributed by atoms with Crippen molar-refractivity contribution in [2.75, 3.05) is 17.5 Å². The summed E-state index contributed by atoms with van der Waals surface area (Å²) in [4.78, 5) is 40.6. The van der Waals surface area contributed by atoms with Gasteiger partial charge in [0.15, 0.2) is 12.5 Å². The van der Waals surface area contributed by atoms with E-state index in [1.54, 1.807) is 12.3 Å². The van der Waals surface area contributed by atoms with E-state index in [4.69, 9.17) is 63.0 Å². The fraction of sp³-hybridized carbons (Fsp3) is 0.680. The smallest absolute Gasteiger partial charge is 0.351 e. The molecule has 41 heavy (non-hydrogen) atoms. The lowest BCUT2D eigenvalue weighted by molar-refractivity contribution is -0.0725. The Labute approximate surface area is 268 Å². The Hall–Kier alpha value is -1.04. The number of hydrogen-bond donors (Lipinski definition) is 2. The third kappa shape index (κ3) is 7.73. The van der Waals surface area contributed by atoms with E-state index in [1.807, 2.05) is 27.7 Å². The number of aromatic nitrogens is 4. The number of halogens is 4. The van der Waals surface area contributed by atoms with Crippen LogP contribution in [0.15, 0.2) is 38.9 Å². The SMILES string of the molecule is CC[C@@]1(CCl)O[C@@H](n2ccc(=O)[nH]c2=O)[C@H](Cl)[C@@H]1C.CC[C@@]1(CCl)O[C@@H](n2ccc(N)nc2=O)[C@H](Cl)[C@@H]1C.P=S.[3H]C. The van der Waals surface area contributed by atoms with Gasteiger partial charge in [-0.3, -0.25) is 18.9 Å². The predicted octanol–water partition coefficient (Wildman–Crippen LogP) is 4.91. The Morgan fingerprint density at radius 2 is 1.44 bits per heavy atom. The normalized spacial score (nSPS) is 32.4. The monoisotopic (exact) mass is 693 g/mol. The number of anilines is 1. The van der Waals surface area contributed by atoms with Gasteiger partial charge in [-0.2, -0.15) is 4.98 Å². The minimum atomic E-state index is -0.625. The highest BCUT2D eigenvalue weighted by Gasteiger charge is 2.52. The molecule has 10 nitrogen and oxygen atoms in total. The first-order chi connectivity index (χ1) is 19.9. The van der Waals surface area contributed by atoms with Crippen molar-refractivity contribution in [3.63, 3.8) is 0 Å². The second kappa shape index (κ2) is 16.1. The highest BCUT2D eigenvalue weighted by atomic mass is 35.5. The number of ether oxygens (including phenoxy) is 2. The number of nitrogens with two attached hydrogens (primary N) is 1. The van der Waals surface area contributed by atoms with Crippen LogP contribution in [0.25, 0.3) is 0 Å². The molecule has 232 valence electrons. The van der Waals surface area contributed by atoms with Gasteiger partial charge in [0, 0.05) is 31.7 Å². The second-order valence-electron chi connectivity index (χ2n) is 9.65. The van der Waals surface area contributed by atoms with Gasteiger partial charge in [-0.1, -0.05) is 46.9 Å². The largest absolute Gasteiger partial charge is 0.383 e. The number of nitrogens with zero attached hydrogens (tertiary/aromatic N) is 3. The fourth-order valence-corrected chi connectivity index (χ4v) is 6.67. The number of rotatable bonds is 6. The first-order valence-electron chi connectivity index (χ1n) is 13.5. The molecule has 4 rings (SSSR count). The molecule has 0 saturated carbocycles. The number of alkyl halides is 4. The summed E-state index contributed by atoms with van der Waals surface area (Å²) in [5.74, 6) is 0.855. The molecule has 8 atom stereocenters. The van der Waals surface area contributed by atoms with Crippen LogP contribution in [0, 0.1) is 11.8 Å². The summed E-state index contributed by atoms with van der Waals surface area (Å²) in [6.07, 6.45) is 3.19. The van der Waals surface area contributed by atoms with Gasteiger partial charge in [0.2, 0.25) is 0 Å². The highest BCUT2D eigenvalue weighted by molar-refractivity contribution is 7.88. The van der Waals surface area contributed by atoms with Gasteiger partial charge in [-0.25, -0.2) is 9.59 Å². The zero-order valence-electron chi connectivity index (χ0n) is 24.5. The zero-order valence-corrected chi connectivity index (χ0v) is 28.3. The van der Waals surface area contributed by atoms with Crippen molar-refractivity contribution in [3.8, 4) is 0 Å². The molecule has 0 aliphatic carbocycles. The third-order valence-electron chi connectivity index (χ3n) is 7.77. The van der Waals surface area contributed by atoms with Crippen LogP contribution in [0.5, 0.6) is 0 Å². The van der Waals surface area contributed by atoms with Gasteiger partial charge in [-0.15, -0.1) is 46.4 Å². The van der Waals surface area contributed by atoms with E-state index in [9.17, 15) is 14.4 Å². The lowest BCUT2D eigenvalue weighted by atomic mass is 9.88. The molecule has 2 aromatic rings. The van der Waals surface area contributed by atoms with Crippen molar-refractivity contribution >= 4 is 72.0 Å². The van der Waals surface area contributed by atoms with E-state index in [0.29, 0.717) is 18.2 Å². The van der Waals surface area contributed by atoms with Crippen molar-refractivity contribution in [2.45, 2.75) is 82.4 Å². The minimum absolute atomic E-state index is 0.000458. The maximum Gasteiger partial charge on any atom is 0.351 e. The maximum absolute atomic E-state index is 11.9. The molecule has 2 aromatic heterocycles. The number of aromatic amines is 1. The van der Waals surface area contributed by atoms with Crippen molar-refractivity contribution in [2.24, 2.45) is 11.8 Å². The van der Waals surface area contributed by atoms with Crippen LogP contribution in [0.1, 0.15) is 61.8 Å². The standard InChI is InChI=1S/C12H17Cl2N3O2.C12H16Cl2N2O3.CH4.HPS/c1-3-12(6-13)7(2)9(14)10(19-12)17-5-4-8(15)16-11(17)18;1-3-12(6-13)7(2)9(14)10(19-12)16-5-4-8(17)15-11(16)18;;1-2/h4-5,7,9-10H,3,6H2,1-2H3,(H2,15,16,18);4-5,7,9-10H,3,6H2,1-2H3,(H,15,17,18);1H4;1H/t2*7-,9+,10+,12-;;/m00../s1/i;;1T;. The summed E-state index contributed by atoms with van der Waals surface area (Å²) in [5, 5.41) is -0.732. The first kappa shape index (κ1) is 36.2. The lowest BCUT2D eigenvalue weighted by Crippen LogP contribution is -2.37. The molecular formula is C25H38Cl4N5O5PS. The molecule has 4 heterocycles. The Morgan fingerprint density at radius 1 is 1.00 bits per heavy atom. The molecule has 0 bridgehead atoms. The molecule has 2 aliphatic heterocycles. The average molecular weight is 695 g/mol. The van der Waals surface area contributed by atoms with Crippen LogP contribution in [0.3, 0.4) is 0 Å². The topological polar surface area (TPSA) is 134 Å². The molecule has 2 aliphatic rings. The van der Waals surface area contributed by atoms with Gasteiger partial charge in [0.25, 0.3) is 5.56 Å². The number of nitrogens with one attached hydrogen (secondary N) is 1. The quantitative estimate of drug-likeness (QED) is 0.322. The van der Waals surface area contributed by atoms with Crippen LogP contribution in [-0.4, -0.2) is 52.8 Å². The summed E-state index contributed by atoms with van der Waals surface area (Å²) in [5.41, 5.74) is 2.97. The maximum atomic E-state index is 11.9. The van der Waals surface area contributed by atoms with E-state index < -0.39 is 40.6 Å². The van der Waals surface area contributed by atoms with Crippen LogP contribution >= 0.6 is 54.4 Å². The molecule has 0 aromatic carbocycles. The van der Waals surface area contributed by atoms with Crippen LogP contribution in [-0.2, 0) is 21.3 Å². The summed E-state index contributed by atoms with van der Waals surface area (Å²) in [6, 6.07) is 2.82. The zero-order chi connectivity index (χ0) is 32.4. The summed E-state index contributed by atoms with van der Waals surface area (Å²) >= 11 is 28.7. The minimum Gasteiger partial charge on any atom is -0.383 e. The van der Waals surface area contributed by atoms with Gasteiger partial charge < -0.3 is 15.2 Å². The molecule has 2 saturated heterocycles. The highest BCUT2D eigenvalue weighted by Crippen LogP contribution is 2.47. The van der Waals surface area contributed by atoms with Gasteiger partial charge in [-0.05, 0) is 26.9 Å². The molecule has 0 amide bonds. The molecule has 2 fully saturated rings. The van der Waals surface area contributed by atoms with E-state index in [2.05, 4.69) is 29.8 Å². The lowest BCUT2D eigenvalue weighted by Gasteiger charge is -2.29. The van der Waals surface area contributed by atoms with Crippen molar-refractivity contribution < 1.29 is 10.8 Å². The number of hydrogen-bond acceptors (Lipinski definition) is 8. The average Bonchev–Trinajstić information content (AvgIpc) is 3.40. The van der Waals surface area contributed by atoms with E-state index in [-0.39, 0.29) is 28.4 Å². The second-order valence-corrected chi connectivity index (χ2v) is 11.2. The Balaban J connectivity index is 0.000000376. The van der Waals surface area contributed by atoms with Crippen LogP contribution in [0.2, 0.25) is 0 Å².